The summed E-state index contributed by atoms with van der Waals surface area (Å²) in [6.07, 6.45) is -0.0810. The largest absolute Gasteiger partial charge is 0.482 e. The topological polar surface area (TPSA) is 26.3 Å². The summed E-state index contributed by atoms with van der Waals surface area (Å²) in [6.45, 7) is -3.12. The maximum atomic E-state index is 11.9. The second-order valence-corrected chi connectivity index (χ2v) is 2.88. The van der Waals surface area contributed by atoms with Crippen LogP contribution in [0.1, 0.15) is 13.3 Å². The highest BCUT2D eigenvalue weighted by Crippen LogP contribution is 2.53. The van der Waals surface area contributed by atoms with Crippen LogP contribution in [0.3, 0.4) is 0 Å². The van der Waals surface area contributed by atoms with Gasteiger partial charge in [0.1, 0.15) is 0 Å². The van der Waals surface area contributed by atoms with Crippen LogP contribution in [0, 0.1) is 5.92 Å². The Bertz CT molecular complexity index is 192. The number of hydrogen-bond donors (Lipinski definition) is 0. The third-order valence-corrected chi connectivity index (χ3v) is 1.91. The summed E-state index contributed by atoms with van der Waals surface area (Å²) in [5, 5.41) is 0. The van der Waals surface area contributed by atoms with Gasteiger partial charge in [-0.15, -0.1) is 0 Å². The van der Waals surface area contributed by atoms with Gasteiger partial charge in [-0.05, 0) is 6.92 Å². The van der Waals surface area contributed by atoms with Gasteiger partial charge in [0.05, 0.1) is 6.61 Å². The number of rotatable bonds is 3. The molecule has 1 rings (SSSR count). The van der Waals surface area contributed by atoms with Crippen LogP contribution in [-0.2, 0) is 9.53 Å². The van der Waals surface area contributed by atoms with E-state index >= 15 is 0 Å². The molecule has 0 heterocycles. The van der Waals surface area contributed by atoms with E-state index < -0.39 is 24.7 Å². The molecule has 0 saturated heterocycles. The first-order chi connectivity index (χ1) is 5.46. The molecule has 0 aromatic rings. The van der Waals surface area contributed by atoms with Gasteiger partial charge in [0.25, 0.3) is 0 Å². The molecule has 0 spiro atoms. The summed E-state index contributed by atoms with van der Waals surface area (Å²) in [6, 6.07) is 0. The van der Waals surface area contributed by atoms with Crippen molar-refractivity contribution in [3.8, 4) is 0 Å². The molecule has 2 atom stereocenters. The lowest BCUT2D eigenvalue weighted by atomic mass is 9.82. The predicted molar refractivity (Wildman–Crippen MR) is 37.6 cm³/mol. The lowest BCUT2D eigenvalue weighted by molar-refractivity contribution is -0.144. The lowest BCUT2D eigenvalue weighted by Gasteiger charge is -2.11. The molecule has 0 aromatic heterocycles. The fraction of sp³-hybridized carbons (Fsp3) is 0.833. The van der Waals surface area contributed by atoms with Gasteiger partial charge in [-0.2, -0.15) is 0 Å². The Kier molecular flexibility index (Phi) is 2.35. The van der Waals surface area contributed by atoms with Gasteiger partial charge in [-0.1, -0.05) is 12.2 Å². The molecule has 1 fully saturated rings. The summed E-state index contributed by atoms with van der Waals surface area (Å²) < 4.78 is 40.3. The van der Waals surface area contributed by atoms with E-state index in [-0.39, 0.29) is 13.0 Å². The lowest BCUT2D eigenvalue weighted by Crippen LogP contribution is -2.18. The zero-order valence-electron chi connectivity index (χ0n) is 6.60. The Hall–Kier alpha value is -0.675. The van der Waals surface area contributed by atoms with E-state index in [0.717, 1.165) is 0 Å². The highest BCUT2D eigenvalue weighted by atomic mass is 19.4. The highest BCUT2D eigenvalue weighted by Gasteiger charge is 2.54. The predicted octanol–water partition coefficient (Wildman–Crippen LogP) is 1.79. The Morgan fingerprint density at radius 2 is 2.17 bits per heavy atom. The maximum absolute atomic E-state index is 11.9. The molecule has 0 unspecified atom stereocenters. The van der Waals surface area contributed by atoms with Gasteiger partial charge in [0.2, 0.25) is 0 Å². The van der Waals surface area contributed by atoms with Crippen molar-refractivity contribution in [3.05, 3.63) is 0 Å². The SMILES string of the molecule is CCOC(=O)[C@H]1C[C@@H]1[B-](F)(F)F. The van der Waals surface area contributed by atoms with E-state index in [1.807, 2.05) is 0 Å². The average molecular weight is 181 g/mol. The van der Waals surface area contributed by atoms with Crippen LogP contribution in [-0.4, -0.2) is 19.6 Å². The summed E-state index contributed by atoms with van der Waals surface area (Å²) in [5.41, 5.74) is 0. The molecule has 1 aliphatic carbocycles. The molecule has 70 valence electrons. The van der Waals surface area contributed by atoms with E-state index in [1.165, 1.54) is 0 Å². The third-order valence-electron chi connectivity index (χ3n) is 1.91. The normalized spacial score (nSPS) is 28.3. The van der Waals surface area contributed by atoms with Crippen LogP contribution in [0.2, 0.25) is 5.82 Å². The number of carbonyl (C=O) groups excluding carboxylic acids is 1. The van der Waals surface area contributed by atoms with Crippen LogP contribution in [0.15, 0.2) is 0 Å². The first-order valence-corrected chi connectivity index (χ1v) is 3.83. The van der Waals surface area contributed by atoms with Crippen molar-refractivity contribution < 1.29 is 22.5 Å². The zero-order chi connectivity index (χ0) is 9.35. The highest BCUT2D eigenvalue weighted by molar-refractivity contribution is 6.61. The molecule has 0 N–H and O–H groups in total. The van der Waals surface area contributed by atoms with Crippen LogP contribution >= 0.6 is 0 Å². The molecule has 6 heteroatoms. The number of carbonyl (C=O) groups is 1. The molecule has 2 nitrogen and oxygen atoms in total. The number of hydrogen-bond acceptors (Lipinski definition) is 2. The van der Waals surface area contributed by atoms with Crippen molar-refractivity contribution in [1.29, 1.82) is 0 Å². The van der Waals surface area contributed by atoms with Gasteiger partial charge >= 0.3 is 12.9 Å². The van der Waals surface area contributed by atoms with E-state index in [2.05, 4.69) is 4.74 Å². The van der Waals surface area contributed by atoms with Gasteiger partial charge in [-0.3, -0.25) is 4.79 Å². The third kappa shape index (κ3) is 1.92. The first-order valence-electron chi connectivity index (χ1n) is 3.83. The number of esters is 1. The molecule has 0 aliphatic heterocycles. The molecule has 0 radical (unpaired) electrons. The zero-order valence-corrected chi connectivity index (χ0v) is 6.60. The summed E-state index contributed by atoms with van der Waals surface area (Å²) in [5.74, 6) is -3.02. The fourth-order valence-electron chi connectivity index (χ4n) is 1.15. The van der Waals surface area contributed by atoms with E-state index in [0.29, 0.717) is 0 Å². The average Bonchev–Trinajstić information content (AvgIpc) is 2.62. The molecule has 0 bridgehead atoms. The number of ether oxygens (including phenoxy) is 1. The van der Waals surface area contributed by atoms with Crippen molar-refractivity contribution in [3.63, 3.8) is 0 Å². The molecular formula is C6H9BF3O2-. The molecular weight excluding hydrogens is 172 g/mol. The van der Waals surface area contributed by atoms with Crippen LogP contribution < -0.4 is 0 Å². The quantitative estimate of drug-likeness (QED) is 0.489. The fourth-order valence-corrected chi connectivity index (χ4v) is 1.15. The maximum Gasteiger partial charge on any atom is 0.482 e. The van der Waals surface area contributed by atoms with Crippen LogP contribution in [0.4, 0.5) is 12.9 Å². The van der Waals surface area contributed by atoms with E-state index in [4.69, 9.17) is 0 Å². The number of halogens is 3. The standard InChI is InChI=1S/C6H9BF3O2/c1-2-12-6(11)4-3-5(4)7(8,9)10/h4-5H,2-3H2,1H3/q-1/t4-,5-/m0/s1. The first kappa shape index (κ1) is 9.41. The summed E-state index contributed by atoms with van der Waals surface area (Å²) in [4.78, 5) is 10.8. The van der Waals surface area contributed by atoms with Crippen LogP contribution in [0.5, 0.6) is 0 Å². The Morgan fingerprint density at radius 1 is 1.58 bits per heavy atom. The van der Waals surface area contributed by atoms with Gasteiger partial charge in [-0.25, -0.2) is 0 Å². The summed E-state index contributed by atoms with van der Waals surface area (Å²) >= 11 is 0. The second-order valence-electron chi connectivity index (χ2n) is 2.88. The minimum absolute atomic E-state index is 0.0810. The minimum atomic E-state index is -4.84. The molecule has 0 aromatic carbocycles. The van der Waals surface area contributed by atoms with Crippen LogP contribution in [0.25, 0.3) is 0 Å². The van der Waals surface area contributed by atoms with Crippen molar-refractivity contribution in [2.24, 2.45) is 5.92 Å². The van der Waals surface area contributed by atoms with Gasteiger partial charge in [0.15, 0.2) is 0 Å². The van der Waals surface area contributed by atoms with E-state index in [1.54, 1.807) is 6.92 Å². The summed E-state index contributed by atoms with van der Waals surface area (Å²) in [7, 11) is 0. The van der Waals surface area contributed by atoms with Crippen molar-refractivity contribution in [1.82, 2.24) is 0 Å². The second kappa shape index (κ2) is 2.99. The molecule has 12 heavy (non-hydrogen) atoms. The van der Waals surface area contributed by atoms with Gasteiger partial charge < -0.3 is 17.7 Å². The smallest absolute Gasteiger partial charge is 0.466 e. The Morgan fingerprint density at radius 3 is 2.50 bits per heavy atom. The molecule has 1 saturated carbocycles. The molecule has 0 amide bonds. The Labute approximate surface area is 68.1 Å². The molecule has 1 aliphatic rings. The Balaban J connectivity index is 2.37. The van der Waals surface area contributed by atoms with Crippen molar-refractivity contribution >= 4 is 12.9 Å². The van der Waals surface area contributed by atoms with E-state index in [9.17, 15) is 17.7 Å². The monoisotopic (exact) mass is 181 g/mol. The van der Waals surface area contributed by atoms with Gasteiger partial charge in [0, 0.05) is 5.92 Å². The van der Waals surface area contributed by atoms with Crippen molar-refractivity contribution in [2.45, 2.75) is 19.2 Å². The minimum Gasteiger partial charge on any atom is -0.466 e. The van der Waals surface area contributed by atoms with Crippen molar-refractivity contribution in [2.75, 3.05) is 6.61 Å².